The molecule has 0 unspecified atom stereocenters. The average molecular weight is 618 g/mol. The molecule has 0 fully saturated rings. The Morgan fingerprint density at radius 1 is 1.10 bits per heavy atom. The van der Waals surface area contributed by atoms with E-state index in [1.54, 1.807) is 30.6 Å². The number of hydrogen-bond acceptors (Lipinski definition) is 6. The zero-order valence-electron chi connectivity index (χ0n) is 24.7. The molecule has 4 aromatic rings. The quantitative estimate of drug-likeness (QED) is 0.211. The van der Waals surface area contributed by atoms with Crippen molar-refractivity contribution in [3.63, 3.8) is 0 Å². The Bertz CT molecular complexity index is 1640. The number of ether oxygens (including phenoxy) is 1. The Balaban J connectivity index is 1.56. The maximum Gasteiger partial charge on any atom is 0.387 e. The molecule has 0 aliphatic carbocycles. The first-order valence-electron chi connectivity index (χ1n) is 13.7. The highest BCUT2D eigenvalue weighted by molar-refractivity contribution is 6.74. The van der Waals surface area contributed by atoms with Crippen LogP contribution in [0.15, 0.2) is 42.7 Å². The van der Waals surface area contributed by atoms with Gasteiger partial charge in [-0.1, -0.05) is 38.4 Å². The summed E-state index contributed by atoms with van der Waals surface area (Å²) in [5.74, 6) is 0.458. The molecule has 12 heteroatoms. The summed E-state index contributed by atoms with van der Waals surface area (Å²) in [4.78, 5) is 13.7. The summed E-state index contributed by atoms with van der Waals surface area (Å²) in [7, 11) is -2.12. The highest BCUT2D eigenvalue weighted by Crippen LogP contribution is 2.46. The van der Waals surface area contributed by atoms with Crippen LogP contribution in [0.1, 0.15) is 70.3 Å². The van der Waals surface area contributed by atoms with Gasteiger partial charge in [0, 0.05) is 40.2 Å². The number of halogens is 4. The molecule has 5 rings (SSSR count). The minimum atomic E-state index is -3.03. The summed E-state index contributed by atoms with van der Waals surface area (Å²) in [6, 6.07) is 6.52. The number of imidazole rings is 1. The number of aromatic nitrogens is 4. The van der Waals surface area contributed by atoms with E-state index < -0.39 is 38.4 Å². The van der Waals surface area contributed by atoms with Crippen molar-refractivity contribution in [2.45, 2.75) is 83.5 Å². The molecule has 0 radical (unpaired) electrons. The topological polar surface area (TPSA) is 88.1 Å². The van der Waals surface area contributed by atoms with Gasteiger partial charge in [-0.25, -0.2) is 19.3 Å². The van der Waals surface area contributed by atoms with Gasteiger partial charge in [0.25, 0.3) is 0 Å². The minimum absolute atomic E-state index is 0.00493. The van der Waals surface area contributed by atoms with Crippen LogP contribution in [0.5, 0.6) is 5.75 Å². The molecular weight excluding hydrogens is 583 g/mol. The number of fused-ring (bicyclic) bond motifs is 3. The Hall–Kier alpha value is -2.99. The molecular formula is C30H35ClF3N5O2Si. The highest BCUT2D eigenvalue weighted by Gasteiger charge is 2.43. The van der Waals surface area contributed by atoms with Crippen molar-refractivity contribution >= 4 is 31.0 Å². The van der Waals surface area contributed by atoms with Gasteiger partial charge in [0.05, 0.1) is 23.1 Å². The lowest BCUT2D eigenvalue weighted by molar-refractivity contribution is -0.0506. The number of benzene rings is 2. The van der Waals surface area contributed by atoms with Crippen LogP contribution in [0.2, 0.25) is 23.2 Å². The normalized spacial score (nSPS) is 17.7. The number of rotatable bonds is 7. The Morgan fingerprint density at radius 3 is 2.38 bits per heavy atom. The van der Waals surface area contributed by atoms with Crippen LogP contribution in [0.3, 0.4) is 0 Å². The molecule has 0 saturated heterocycles. The predicted molar refractivity (Wildman–Crippen MR) is 160 cm³/mol. The number of alkyl halides is 2. The van der Waals surface area contributed by atoms with E-state index in [-0.39, 0.29) is 21.4 Å². The van der Waals surface area contributed by atoms with Crippen molar-refractivity contribution in [2.24, 2.45) is 5.73 Å². The summed E-state index contributed by atoms with van der Waals surface area (Å²) < 4.78 is 55.2. The van der Waals surface area contributed by atoms with E-state index in [0.29, 0.717) is 40.2 Å². The summed E-state index contributed by atoms with van der Waals surface area (Å²) in [5, 5.41) is 0.263. The van der Waals surface area contributed by atoms with Gasteiger partial charge < -0.3 is 19.5 Å². The van der Waals surface area contributed by atoms with Crippen LogP contribution in [-0.2, 0) is 10.0 Å². The molecule has 224 valence electrons. The molecule has 42 heavy (non-hydrogen) atoms. The van der Waals surface area contributed by atoms with Crippen LogP contribution >= 0.6 is 11.6 Å². The first-order chi connectivity index (χ1) is 19.5. The monoisotopic (exact) mass is 617 g/mol. The standard InChI is InChI=1S/C30H35ClF3N5O2Si/c1-29(2,3)42(6,7)41-30(4,5)27-36-14-16(15-37-27)17-11-22-21(12-19(17)32)38-26-20(35)13-23(39(22)26)25-18(31)9-8-10-24(25)40-28(33)34/h8-12,14-15,20,23,28H,13,35H2,1-7H3/t20-,23-/m1/s1. The molecule has 3 heterocycles. The van der Waals surface area contributed by atoms with Crippen molar-refractivity contribution < 1.29 is 22.3 Å². The second kappa shape index (κ2) is 10.6. The first-order valence-corrected chi connectivity index (χ1v) is 17.0. The second-order valence-electron chi connectivity index (χ2n) is 12.7. The predicted octanol–water partition coefficient (Wildman–Crippen LogP) is 8.14. The van der Waals surface area contributed by atoms with E-state index in [9.17, 15) is 8.78 Å². The third kappa shape index (κ3) is 5.43. The van der Waals surface area contributed by atoms with Gasteiger partial charge in [-0.3, -0.25) is 0 Å². The van der Waals surface area contributed by atoms with Gasteiger partial charge in [-0.2, -0.15) is 8.78 Å². The van der Waals surface area contributed by atoms with Crippen molar-refractivity contribution in [3.05, 3.63) is 70.8 Å². The fourth-order valence-corrected chi connectivity index (χ4v) is 7.26. The first kappa shape index (κ1) is 30.5. The molecule has 0 saturated carbocycles. The average Bonchev–Trinajstić information content (AvgIpc) is 3.38. The fraction of sp³-hybridized carbons (Fsp3) is 0.433. The van der Waals surface area contributed by atoms with Crippen molar-refractivity contribution in [1.29, 1.82) is 0 Å². The molecule has 0 bridgehead atoms. The summed E-state index contributed by atoms with van der Waals surface area (Å²) in [5.41, 5.74) is 7.74. The Morgan fingerprint density at radius 2 is 1.76 bits per heavy atom. The van der Waals surface area contributed by atoms with E-state index in [1.807, 2.05) is 18.4 Å². The molecule has 1 aliphatic heterocycles. The van der Waals surface area contributed by atoms with Crippen LogP contribution in [0.25, 0.3) is 22.2 Å². The van der Waals surface area contributed by atoms with Gasteiger partial charge in [0.2, 0.25) is 0 Å². The zero-order valence-corrected chi connectivity index (χ0v) is 26.4. The maximum atomic E-state index is 15.5. The van der Waals surface area contributed by atoms with E-state index in [0.717, 1.165) is 0 Å². The maximum absolute atomic E-state index is 15.5. The van der Waals surface area contributed by atoms with Crippen molar-refractivity contribution in [2.75, 3.05) is 0 Å². The van der Waals surface area contributed by atoms with Gasteiger partial charge in [-0.05, 0) is 56.6 Å². The number of nitrogens with zero attached hydrogens (tertiary/aromatic N) is 4. The van der Waals surface area contributed by atoms with Gasteiger partial charge >= 0.3 is 6.61 Å². The molecule has 2 aromatic heterocycles. The number of hydrogen-bond donors (Lipinski definition) is 1. The third-order valence-corrected chi connectivity index (χ3v) is 13.3. The summed E-state index contributed by atoms with van der Waals surface area (Å²) in [6.07, 6.45) is 3.52. The van der Waals surface area contributed by atoms with Crippen LogP contribution < -0.4 is 10.5 Å². The lowest BCUT2D eigenvalue weighted by atomic mass is 10.0. The highest BCUT2D eigenvalue weighted by atomic mass is 35.5. The Kier molecular flexibility index (Phi) is 7.70. The van der Waals surface area contributed by atoms with Crippen molar-refractivity contribution in [3.8, 4) is 16.9 Å². The SMILES string of the molecule is CC(C)(O[Si](C)(C)C(C)(C)C)c1ncc(-c2cc3c(cc2F)nc2n3[C@@H](c3c(Cl)cccc3OC(F)F)C[C@H]2N)cn1. The van der Waals surface area contributed by atoms with Crippen LogP contribution in [0, 0.1) is 5.82 Å². The molecule has 0 amide bonds. The second-order valence-corrected chi connectivity index (χ2v) is 17.8. The molecule has 2 aromatic carbocycles. The smallest absolute Gasteiger partial charge is 0.387 e. The molecule has 2 N–H and O–H groups in total. The van der Waals surface area contributed by atoms with Gasteiger partial charge in [-0.15, -0.1) is 0 Å². The minimum Gasteiger partial charge on any atom is -0.434 e. The molecule has 0 spiro atoms. The van der Waals surface area contributed by atoms with E-state index in [1.165, 1.54) is 12.1 Å². The lowest BCUT2D eigenvalue weighted by Crippen LogP contribution is -2.46. The van der Waals surface area contributed by atoms with Gasteiger partial charge in [0.15, 0.2) is 14.1 Å². The molecule has 7 nitrogen and oxygen atoms in total. The third-order valence-electron chi connectivity index (χ3n) is 8.31. The molecule has 1 aliphatic rings. The Labute approximate surface area is 249 Å². The van der Waals surface area contributed by atoms with Crippen LogP contribution in [-0.4, -0.2) is 34.4 Å². The lowest BCUT2D eigenvalue weighted by Gasteiger charge is -2.42. The zero-order chi connectivity index (χ0) is 30.8. The van der Waals surface area contributed by atoms with Crippen LogP contribution in [0.4, 0.5) is 13.2 Å². The van der Waals surface area contributed by atoms with E-state index in [4.69, 9.17) is 26.5 Å². The largest absolute Gasteiger partial charge is 0.434 e. The number of nitrogens with two attached hydrogens (primary N) is 1. The fourth-order valence-electron chi connectivity index (χ4n) is 5.30. The molecule has 2 atom stereocenters. The van der Waals surface area contributed by atoms with E-state index in [2.05, 4.69) is 48.8 Å². The van der Waals surface area contributed by atoms with E-state index >= 15 is 4.39 Å². The summed E-state index contributed by atoms with van der Waals surface area (Å²) in [6.45, 7) is 11.7. The van der Waals surface area contributed by atoms with Crippen molar-refractivity contribution in [1.82, 2.24) is 19.5 Å². The van der Waals surface area contributed by atoms with Gasteiger partial charge in [0.1, 0.15) is 23.0 Å². The summed E-state index contributed by atoms with van der Waals surface area (Å²) >= 11 is 6.51.